The molecule has 120 valence electrons. The predicted octanol–water partition coefficient (Wildman–Crippen LogP) is 3.07. The van der Waals surface area contributed by atoms with Crippen molar-refractivity contribution in [3.63, 3.8) is 0 Å². The van der Waals surface area contributed by atoms with Gasteiger partial charge in [0.1, 0.15) is 18.1 Å². The monoisotopic (exact) mass is 330 g/mol. The fourth-order valence-corrected chi connectivity index (χ4v) is 2.73. The van der Waals surface area contributed by atoms with Crippen molar-refractivity contribution in [3.05, 3.63) is 36.5 Å². The molecule has 2 aromatic rings. The summed E-state index contributed by atoms with van der Waals surface area (Å²) in [5, 5.41) is 11.0. The number of Topliss-reactive ketones (excluding diaryl/α,β-unsaturated/α-hetero) is 1. The van der Waals surface area contributed by atoms with E-state index in [1.165, 1.54) is 11.8 Å². The van der Waals surface area contributed by atoms with E-state index in [9.17, 15) is 14.7 Å². The Bertz CT molecular complexity index is 755. The Hall–Kier alpha value is -2.34. The number of carbonyl (C=O) groups excluding carboxylic acids is 1. The van der Waals surface area contributed by atoms with Gasteiger partial charge in [-0.05, 0) is 18.4 Å². The zero-order valence-electron chi connectivity index (χ0n) is 13.0. The van der Waals surface area contributed by atoms with Crippen LogP contribution >= 0.6 is 12.2 Å². The average Bonchev–Trinajstić information content (AvgIpc) is 2.50. The highest BCUT2D eigenvalue weighted by atomic mass is 32.1. The molecule has 1 heterocycles. The second kappa shape index (κ2) is 7.28. The number of anilines is 1. The van der Waals surface area contributed by atoms with Gasteiger partial charge >= 0.3 is 5.97 Å². The standard InChI is InChI=1S/C17H18N2O3S/c1-11(9-12(2)20)17(23)19(10-15(21)22)16-14-6-4-3-5-13(14)7-8-18-16/h3-8,11H,9-10H2,1-2H3,(H,21,22). The predicted molar refractivity (Wildman–Crippen MR) is 93.8 cm³/mol. The Morgan fingerprint density at radius 2 is 2.00 bits per heavy atom. The molecular weight excluding hydrogens is 312 g/mol. The van der Waals surface area contributed by atoms with Crippen molar-refractivity contribution in [3.8, 4) is 0 Å². The molecule has 0 aliphatic carbocycles. The summed E-state index contributed by atoms with van der Waals surface area (Å²) in [5.41, 5.74) is 0. The molecule has 1 aromatic carbocycles. The number of thiocarbonyl (C=S) groups is 1. The van der Waals surface area contributed by atoms with Gasteiger partial charge in [-0.2, -0.15) is 0 Å². The molecule has 0 bridgehead atoms. The minimum Gasteiger partial charge on any atom is -0.480 e. The lowest BCUT2D eigenvalue weighted by molar-refractivity contribution is -0.135. The molecule has 1 N–H and O–H groups in total. The van der Waals surface area contributed by atoms with E-state index in [1.807, 2.05) is 37.3 Å². The summed E-state index contributed by atoms with van der Waals surface area (Å²) in [6, 6.07) is 9.45. The van der Waals surface area contributed by atoms with Gasteiger partial charge in [-0.3, -0.25) is 4.79 Å². The summed E-state index contributed by atoms with van der Waals surface area (Å²) in [4.78, 5) is 28.9. The Kier molecular flexibility index (Phi) is 5.39. The fourth-order valence-electron chi connectivity index (χ4n) is 2.50. The second-order valence-electron chi connectivity index (χ2n) is 5.48. The quantitative estimate of drug-likeness (QED) is 0.821. The first kappa shape index (κ1) is 17.0. The Morgan fingerprint density at radius 1 is 1.30 bits per heavy atom. The molecule has 0 saturated carbocycles. The van der Waals surface area contributed by atoms with Crippen molar-refractivity contribution in [2.45, 2.75) is 20.3 Å². The third kappa shape index (κ3) is 4.10. The molecule has 1 aromatic heterocycles. The number of hydrogen-bond acceptors (Lipinski definition) is 4. The van der Waals surface area contributed by atoms with Crippen molar-refractivity contribution in [1.29, 1.82) is 0 Å². The SMILES string of the molecule is CC(=O)CC(C)C(=S)N(CC(=O)O)c1nccc2ccccc12. The summed E-state index contributed by atoms with van der Waals surface area (Å²) in [6.45, 7) is 3.03. The molecule has 1 atom stereocenters. The number of pyridine rings is 1. The molecule has 23 heavy (non-hydrogen) atoms. The van der Waals surface area contributed by atoms with Crippen LogP contribution in [0.15, 0.2) is 36.5 Å². The highest BCUT2D eigenvalue weighted by Gasteiger charge is 2.23. The van der Waals surface area contributed by atoms with Gasteiger partial charge in [-0.25, -0.2) is 4.98 Å². The number of nitrogens with zero attached hydrogens (tertiary/aromatic N) is 2. The number of fused-ring (bicyclic) bond motifs is 1. The lowest BCUT2D eigenvalue weighted by atomic mass is 10.0. The second-order valence-corrected chi connectivity index (χ2v) is 5.90. The first-order valence-corrected chi connectivity index (χ1v) is 7.67. The molecule has 0 amide bonds. The van der Waals surface area contributed by atoms with Crippen molar-refractivity contribution in [1.82, 2.24) is 4.98 Å². The number of carbonyl (C=O) groups is 2. The minimum absolute atomic E-state index is 0.0148. The molecule has 6 heteroatoms. The molecule has 2 rings (SSSR count). The van der Waals surface area contributed by atoms with E-state index in [0.717, 1.165) is 10.8 Å². The van der Waals surface area contributed by atoms with E-state index in [1.54, 1.807) is 6.20 Å². The lowest BCUT2D eigenvalue weighted by Gasteiger charge is -2.27. The van der Waals surface area contributed by atoms with Crippen LogP contribution < -0.4 is 4.90 Å². The normalized spacial score (nSPS) is 11.9. The van der Waals surface area contributed by atoms with Gasteiger partial charge in [0, 0.05) is 23.9 Å². The lowest BCUT2D eigenvalue weighted by Crippen LogP contribution is -2.39. The molecule has 0 radical (unpaired) electrons. The van der Waals surface area contributed by atoms with Gasteiger partial charge in [-0.15, -0.1) is 0 Å². The number of aromatic nitrogens is 1. The Morgan fingerprint density at radius 3 is 2.65 bits per heavy atom. The highest BCUT2D eigenvalue weighted by molar-refractivity contribution is 7.80. The first-order chi connectivity index (χ1) is 10.9. The summed E-state index contributed by atoms with van der Waals surface area (Å²) in [7, 11) is 0. The highest BCUT2D eigenvalue weighted by Crippen LogP contribution is 2.26. The molecule has 0 saturated heterocycles. The summed E-state index contributed by atoms with van der Waals surface area (Å²) in [6.07, 6.45) is 1.91. The first-order valence-electron chi connectivity index (χ1n) is 7.26. The Balaban J connectivity index is 2.47. The van der Waals surface area contributed by atoms with Gasteiger partial charge in [0.15, 0.2) is 0 Å². The van der Waals surface area contributed by atoms with Crippen LogP contribution in [0.3, 0.4) is 0 Å². The van der Waals surface area contributed by atoms with Gasteiger partial charge in [0.2, 0.25) is 0 Å². The topological polar surface area (TPSA) is 70.5 Å². The average molecular weight is 330 g/mol. The summed E-state index contributed by atoms with van der Waals surface area (Å²) in [5.74, 6) is -0.716. The molecule has 5 nitrogen and oxygen atoms in total. The zero-order valence-corrected chi connectivity index (χ0v) is 13.8. The molecule has 0 fully saturated rings. The molecular formula is C17H18N2O3S. The molecule has 0 aliphatic rings. The summed E-state index contributed by atoms with van der Waals surface area (Å²) < 4.78 is 0. The summed E-state index contributed by atoms with van der Waals surface area (Å²) >= 11 is 5.45. The zero-order chi connectivity index (χ0) is 17.0. The molecule has 1 unspecified atom stereocenters. The van der Waals surface area contributed by atoms with E-state index in [4.69, 9.17) is 12.2 Å². The van der Waals surface area contributed by atoms with Crippen LogP contribution in [0.4, 0.5) is 5.82 Å². The van der Waals surface area contributed by atoms with Gasteiger partial charge < -0.3 is 14.8 Å². The maximum Gasteiger partial charge on any atom is 0.323 e. The van der Waals surface area contributed by atoms with Crippen LogP contribution in [0.25, 0.3) is 10.8 Å². The van der Waals surface area contributed by atoms with E-state index < -0.39 is 5.97 Å². The third-order valence-electron chi connectivity index (χ3n) is 3.48. The van der Waals surface area contributed by atoms with Crippen molar-refractivity contribution in [2.75, 3.05) is 11.4 Å². The van der Waals surface area contributed by atoms with E-state index in [0.29, 0.717) is 10.8 Å². The number of ketones is 1. The van der Waals surface area contributed by atoms with Crippen LogP contribution in [-0.4, -0.2) is 33.4 Å². The van der Waals surface area contributed by atoms with Crippen molar-refractivity contribution >= 4 is 45.5 Å². The van der Waals surface area contributed by atoms with Gasteiger partial charge in [0.05, 0.1) is 4.99 Å². The maximum absolute atomic E-state index is 11.3. The van der Waals surface area contributed by atoms with Gasteiger partial charge in [0.25, 0.3) is 0 Å². The van der Waals surface area contributed by atoms with Crippen LogP contribution in [0, 0.1) is 5.92 Å². The van der Waals surface area contributed by atoms with Gasteiger partial charge in [-0.1, -0.05) is 43.4 Å². The van der Waals surface area contributed by atoms with Crippen LogP contribution in [-0.2, 0) is 9.59 Å². The van der Waals surface area contributed by atoms with Crippen LogP contribution in [0.1, 0.15) is 20.3 Å². The molecule has 0 aliphatic heterocycles. The van der Waals surface area contributed by atoms with E-state index in [-0.39, 0.29) is 24.7 Å². The van der Waals surface area contributed by atoms with Crippen LogP contribution in [0.5, 0.6) is 0 Å². The number of carboxylic acid groups (broad SMARTS) is 1. The largest absolute Gasteiger partial charge is 0.480 e. The smallest absolute Gasteiger partial charge is 0.323 e. The number of rotatable bonds is 6. The number of carboxylic acids is 1. The molecule has 0 spiro atoms. The number of hydrogen-bond donors (Lipinski definition) is 1. The van der Waals surface area contributed by atoms with Crippen molar-refractivity contribution in [2.24, 2.45) is 5.92 Å². The van der Waals surface area contributed by atoms with Crippen LogP contribution in [0.2, 0.25) is 0 Å². The van der Waals surface area contributed by atoms with E-state index >= 15 is 0 Å². The minimum atomic E-state index is -1.00. The number of aliphatic carboxylic acids is 1. The third-order valence-corrected chi connectivity index (χ3v) is 4.11. The fraction of sp³-hybridized carbons (Fsp3) is 0.294. The Labute approximate surface area is 139 Å². The maximum atomic E-state index is 11.3. The number of benzene rings is 1. The van der Waals surface area contributed by atoms with E-state index in [2.05, 4.69) is 4.98 Å². The van der Waals surface area contributed by atoms with Crippen molar-refractivity contribution < 1.29 is 14.7 Å².